The van der Waals surface area contributed by atoms with Crippen LogP contribution in [0.25, 0.3) is 31.8 Å². The SMILES string of the molecule is COc1cnc2c(-c3nc4cc(F)c5c(c4s3)C[C@@H](OC(=O)N(C)c3cncc(C#N)c3)O5)cc(C)cc2n1. The van der Waals surface area contributed by atoms with Gasteiger partial charge in [-0.2, -0.15) is 5.26 Å². The van der Waals surface area contributed by atoms with E-state index in [1.165, 1.54) is 54.9 Å². The number of halogens is 1. The number of hydrogen-bond acceptors (Lipinski definition) is 10. The molecule has 3 aromatic heterocycles. The minimum Gasteiger partial charge on any atom is -0.480 e. The lowest BCUT2D eigenvalue weighted by Crippen LogP contribution is -2.33. The summed E-state index contributed by atoms with van der Waals surface area (Å²) >= 11 is 1.38. The van der Waals surface area contributed by atoms with Gasteiger partial charge < -0.3 is 14.2 Å². The number of carbonyl (C=O) groups excluding carboxylic acids is 1. The molecule has 194 valence electrons. The summed E-state index contributed by atoms with van der Waals surface area (Å²) in [6, 6.07) is 8.68. The van der Waals surface area contributed by atoms with Crippen molar-refractivity contribution in [1.82, 2.24) is 19.9 Å². The van der Waals surface area contributed by atoms with Gasteiger partial charge in [-0.3, -0.25) is 9.88 Å². The molecule has 2 aromatic carbocycles. The number of hydrogen-bond donors (Lipinski definition) is 0. The Bertz CT molecular complexity index is 1840. The van der Waals surface area contributed by atoms with E-state index in [-0.39, 0.29) is 12.2 Å². The number of carbonyl (C=O) groups is 1. The molecular weight excluding hydrogens is 523 g/mol. The highest BCUT2D eigenvalue weighted by atomic mass is 32.1. The molecular formula is C27H19FN6O4S. The fourth-order valence-corrected chi connectivity index (χ4v) is 5.50. The van der Waals surface area contributed by atoms with Crippen molar-refractivity contribution in [2.24, 2.45) is 0 Å². The van der Waals surface area contributed by atoms with Crippen LogP contribution in [0.1, 0.15) is 16.7 Å². The number of fused-ring (bicyclic) bond motifs is 4. The van der Waals surface area contributed by atoms with E-state index in [1.54, 1.807) is 6.20 Å². The van der Waals surface area contributed by atoms with Crippen molar-refractivity contribution in [3.63, 3.8) is 0 Å². The van der Waals surface area contributed by atoms with Gasteiger partial charge in [0.15, 0.2) is 11.6 Å². The van der Waals surface area contributed by atoms with Crippen molar-refractivity contribution in [2.75, 3.05) is 19.1 Å². The molecule has 0 radical (unpaired) electrons. The van der Waals surface area contributed by atoms with Crippen molar-refractivity contribution in [1.29, 1.82) is 5.26 Å². The molecule has 0 bridgehead atoms. The summed E-state index contributed by atoms with van der Waals surface area (Å²) in [6.07, 6.45) is 2.75. The second kappa shape index (κ2) is 9.45. The first kappa shape index (κ1) is 24.4. The van der Waals surface area contributed by atoms with Gasteiger partial charge in [-0.05, 0) is 30.7 Å². The molecule has 10 nitrogen and oxygen atoms in total. The average Bonchev–Trinajstić information content (AvgIpc) is 3.56. The number of pyridine rings is 1. The minimum absolute atomic E-state index is 0.0323. The molecule has 0 saturated heterocycles. The number of nitriles is 1. The van der Waals surface area contributed by atoms with E-state index < -0.39 is 18.2 Å². The summed E-state index contributed by atoms with van der Waals surface area (Å²) in [4.78, 5) is 31.7. The summed E-state index contributed by atoms with van der Waals surface area (Å²) in [5.74, 6) is -0.156. The topological polar surface area (TPSA) is 123 Å². The third-order valence-electron chi connectivity index (χ3n) is 6.26. The normalized spacial score (nSPS) is 14.1. The van der Waals surface area contributed by atoms with Gasteiger partial charge >= 0.3 is 6.09 Å². The molecule has 0 saturated carbocycles. The molecule has 0 fully saturated rings. The molecule has 1 amide bonds. The molecule has 0 aliphatic carbocycles. The Morgan fingerprint density at radius 2 is 2.05 bits per heavy atom. The zero-order chi connectivity index (χ0) is 27.3. The summed E-state index contributed by atoms with van der Waals surface area (Å²) < 4.78 is 32.2. The first-order chi connectivity index (χ1) is 18.8. The fourth-order valence-electron chi connectivity index (χ4n) is 4.39. The van der Waals surface area contributed by atoms with Gasteiger partial charge in [-0.25, -0.2) is 24.1 Å². The Hall–Kier alpha value is -4.89. The Balaban J connectivity index is 1.31. The molecule has 5 aromatic rings. The number of thiazole rings is 1. The number of nitrogens with zero attached hydrogens (tertiary/aromatic N) is 6. The predicted octanol–water partition coefficient (Wildman–Crippen LogP) is 5.16. The molecule has 1 atom stereocenters. The highest BCUT2D eigenvalue weighted by molar-refractivity contribution is 7.22. The van der Waals surface area contributed by atoms with Crippen LogP contribution in [0.4, 0.5) is 14.9 Å². The van der Waals surface area contributed by atoms with Gasteiger partial charge in [-0.15, -0.1) is 11.3 Å². The van der Waals surface area contributed by atoms with Crippen molar-refractivity contribution < 1.29 is 23.4 Å². The summed E-state index contributed by atoms with van der Waals surface area (Å²) in [6.45, 7) is 1.95. The number of benzene rings is 2. The van der Waals surface area contributed by atoms with E-state index in [9.17, 15) is 4.79 Å². The largest absolute Gasteiger partial charge is 0.480 e. The van der Waals surface area contributed by atoms with Crippen LogP contribution in [-0.4, -0.2) is 46.5 Å². The zero-order valence-electron chi connectivity index (χ0n) is 20.9. The lowest BCUT2D eigenvalue weighted by atomic mass is 10.1. The van der Waals surface area contributed by atoms with Crippen molar-refractivity contribution >= 4 is 44.4 Å². The molecule has 0 N–H and O–H groups in total. The number of amides is 1. The van der Waals surface area contributed by atoms with Crippen LogP contribution in [0.3, 0.4) is 0 Å². The quantitative estimate of drug-likeness (QED) is 0.303. The van der Waals surface area contributed by atoms with Gasteiger partial charge in [0, 0.05) is 30.4 Å². The van der Waals surface area contributed by atoms with E-state index in [0.717, 1.165) is 15.8 Å². The first-order valence-corrected chi connectivity index (χ1v) is 12.6. The maximum Gasteiger partial charge on any atom is 0.417 e. The van der Waals surface area contributed by atoms with Crippen LogP contribution in [0, 0.1) is 24.1 Å². The number of aromatic nitrogens is 4. The first-order valence-electron chi connectivity index (χ1n) is 11.7. The molecule has 0 unspecified atom stereocenters. The lowest BCUT2D eigenvalue weighted by Gasteiger charge is -2.19. The molecule has 12 heteroatoms. The van der Waals surface area contributed by atoms with Gasteiger partial charge in [-0.1, -0.05) is 0 Å². The number of rotatable bonds is 4. The van der Waals surface area contributed by atoms with Crippen LogP contribution in [0.2, 0.25) is 0 Å². The van der Waals surface area contributed by atoms with Crippen LogP contribution in [0.5, 0.6) is 11.6 Å². The van der Waals surface area contributed by atoms with E-state index >= 15 is 4.39 Å². The van der Waals surface area contributed by atoms with E-state index in [0.29, 0.717) is 44.3 Å². The van der Waals surface area contributed by atoms with Crippen LogP contribution in [0.15, 0.2) is 42.9 Å². The molecule has 1 aliphatic rings. The third kappa shape index (κ3) is 4.32. The van der Waals surface area contributed by atoms with Crippen molar-refractivity contribution in [3.05, 3.63) is 65.4 Å². The molecule has 6 rings (SSSR count). The maximum atomic E-state index is 15.1. The molecule has 4 heterocycles. The number of aryl methyl sites for hydroxylation is 1. The van der Waals surface area contributed by atoms with E-state index in [2.05, 4.69) is 15.0 Å². The van der Waals surface area contributed by atoms with Crippen LogP contribution in [-0.2, 0) is 11.2 Å². The minimum atomic E-state index is -1.04. The fraction of sp³-hybridized carbons (Fsp3) is 0.185. The zero-order valence-corrected chi connectivity index (χ0v) is 21.7. The summed E-state index contributed by atoms with van der Waals surface area (Å²) in [5.41, 5.74) is 4.77. The Kier molecular flexibility index (Phi) is 5.92. The van der Waals surface area contributed by atoms with E-state index in [1.807, 2.05) is 25.1 Å². The number of methoxy groups -OCH3 is 1. The molecule has 39 heavy (non-hydrogen) atoms. The van der Waals surface area contributed by atoms with Crippen molar-refractivity contribution in [3.8, 4) is 28.3 Å². The lowest BCUT2D eigenvalue weighted by molar-refractivity contribution is -0.0144. The second-order valence-electron chi connectivity index (χ2n) is 8.86. The number of ether oxygens (including phenoxy) is 3. The van der Waals surface area contributed by atoms with E-state index in [4.69, 9.17) is 24.5 Å². The average molecular weight is 543 g/mol. The molecule has 1 aliphatic heterocycles. The summed E-state index contributed by atoms with van der Waals surface area (Å²) in [7, 11) is 3.02. The van der Waals surface area contributed by atoms with Gasteiger partial charge in [0.05, 0.1) is 58.4 Å². The maximum absolute atomic E-state index is 15.1. The van der Waals surface area contributed by atoms with Crippen LogP contribution >= 0.6 is 11.3 Å². The van der Waals surface area contributed by atoms with Gasteiger partial charge in [0.2, 0.25) is 5.88 Å². The third-order valence-corrected chi connectivity index (χ3v) is 7.42. The highest BCUT2D eigenvalue weighted by Gasteiger charge is 2.33. The Labute approximate surface area is 225 Å². The second-order valence-corrected chi connectivity index (χ2v) is 9.86. The highest BCUT2D eigenvalue weighted by Crippen LogP contribution is 2.43. The van der Waals surface area contributed by atoms with Gasteiger partial charge in [0.25, 0.3) is 6.29 Å². The molecule has 0 spiro atoms. The monoisotopic (exact) mass is 542 g/mol. The smallest absolute Gasteiger partial charge is 0.417 e. The Morgan fingerprint density at radius 1 is 1.21 bits per heavy atom. The van der Waals surface area contributed by atoms with Crippen molar-refractivity contribution in [2.45, 2.75) is 19.6 Å². The van der Waals surface area contributed by atoms with Gasteiger partial charge in [0.1, 0.15) is 11.1 Å². The Morgan fingerprint density at radius 3 is 2.85 bits per heavy atom. The van der Waals surface area contributed by atoms with Crippen LogP contribution < -0.4 is 14.4 Å². The summed E-state index contributed by atoms with van der Waals surface area (Å²) in [5, 5.41) is 9.74. The standard InChI is InChI=1S/C27H19FN6O4S/c1-13-4-16(23-19(5-13)32-21(36-3)12-31-23)26-33-20-8-18(28)24-17(25(20)39-26)7-22(37-24)38-27(35)34(2)15-6-14(9-29)10-30-11-15/h4-6,8,10-12,22H,7H2,1-3H3/t22-/m1/s1. The number of anilines is 1. The predicted molar refractivity (Wildman–Crippen MR) is 141 cm³/mol.